The fourth-order valence-corrected chi connectivity index (χ4v) is 1.87. The van der Waals surface area contributed by atoms with Crippen LogP contribution in [0.4, 0.5) is 5.82 Å². The predicted molar refractivity (Wildman–Crippen MR) is 70.4 cm³/mol. The molecule has 0 unspecified atom stereocenters. The van der Waals surface area contributed by atoms with E-state index in [-0.39, 0.29) is 12.2 Å². The molecule has 0 aromatic carbocycles. The fourth-order valence-electron chi connectivity index (χ4n) is 1.87. The van der Waals surface area contributed by atoms with Gasteiger partial charge in [0.15, 0.2) is 5.78 Å². The lowest BCUT2D eigenvalue weighted by Gasteiger charge is -2.05. The van der Waals surface area contributed by atoms with Gasteiger partial charge in [-0.3, -0.25) is 9.78 Å². The first kappa shape index (κ1) is 12.2. The lowest BCUT2D eigenvalue weighted by molar-refractivity contribution is 0.0992. The van der Waals surface area contributed by atoms with Gasteiger partial charge in [0.2, 0.25) is 0 Å². The van der Waals surface area contributed by atoms with Gasteiger partial charge in [-0.15, -0.1) is 0 Å². The highest BCUT2D eigenvalue weighted by molar-refractivity contribution is 5.98. The van der Waals surface area contributed by atoms with Crippen LogP contribution in [0.5, 0.6) is 0 Å². The first-order valence-corrected chi connectivity index (χ1v) is 5.74. The predicted octanol–water partition coefficient (Wildman–Crippen LogP) is 2.10. The number of ketones is 1. The van der Waals surface area contributed by atoms with Crippen molar-refractivity contribution in [1.29, 1.82) is 0 Å². The zero-order valence-electron chi connectivity index (χ0n) is 10.5. The summed E-state index contributed by atoms with van der Waals surface area (Å²) in [6, 6.07) is 7.19. The molecule has 4 heteroatoms. The number of anilines is 1. The van der Waals surface area contributed by atoms with Crippen LogP contribution in [0.15, 0.2) is 30.5 Å². The van der Waals surface area contributed by atoms with Crippen molar-refractivity contribution in [1.82, 2.24) is 9.97 Å². The number of nitrogens with zero attached hydrogens (tertiary/aromatic N) is 2. The number of nitrogen functional groups attached to an aromatic ring is 1. The summed E-state index contributed by atoms with van der Waals surface area (Å²) in [6.45, 7) is 3.75. The SMILES string of the molecule is Cc1cc(C(=O)Cc2cccnc2N)cc(C)n1. The van der Waals surface area contributed by atoms with Crippen LogP contribution in [0, 0.1) is 13.8 Å². The Morgan fingerprint density at radius 2 is 1.94 bits per heavy atom. The van der Waals surface area contributed by atoms with Gasteiger partial charge in [0, 0.05) is 35.1 Å². The van der Waals surface area contributed by atoms with Crippen molar-refractivity contribution in [3.05, 3.63) is 53.0 Å². The normalized spacial score (nSPS) is 10.3. The van der Waals surface area contributed by atoms with Crippen LogP contribution in [0.2, 0.25) is 0 Å². The molecule has 0 aliphatic rings. The van der Waals surface area contributed by atoms with Crippen molar-refractivity contribution in [2.75, 3.05) is 5.73 Å². The van der Waals surface area contributed by atoms with Crippen LogP contribution < -0.4 is 5.73 Å². The molecule has 0 fully saturated rings. The highest BCUT2D eigenvalue weighted by Gasteiger charge is 2.10. The summed E-state index contributed by atoms with van der Waals surface area (Å²) in [7, 11) is 0. The molecule has 0 radical (unpaired) electrons. The van der Waals surface area contributed by atoms with Gasteiger partial charge in [0.05, 0.1) is 0 Å². The molecule has 2 N–H and O–H groups in total. The van der Waals surface area contributed by atoms with E-state index in [0.29, 0.717) is 11.4 Å². The summed E-state index contributed by atoms with van der Waals surface area (Å²) < 4.78 is 0. The topological polar surface area (TPSA) is 68.9 Å². The van der Waals surface area contributed by atoms with E-state index in [1.807, 2.05) is 19.9 Å². The number of hydrogen-bond donors (Lipinski definition) is 1. The van der Waals surface area contributed by atoms with Gasteiger partial charge in [-0.05, 0) is 32.0 Å². The van der Waals surface area contributed by atoms with Gasteiger partial charge in [0.1, 0.15) is 5.82 Å². The molecule has 0 saturated carbocycles. The van der Waals surface area contributed by atoms with Crippen LogP contribution in [0.25, 0.3) is 0 Å². The van der Waals surface area contributed by atoms with Crippen LogP contribution in [0.1, 0.15) is 27.3 Å². The molecule has 0 atom stereocenters. The lowest BCUT2D eigenvalue weighted by atomic mass is 10.0. The molecule has 0 amide bonds. The molecule has 0 aliphatic carbocycles. The number of Topliss-reactive ketones (excluding diaryl/α,β-unsaturated/α-hetero) is 1. The molecule has 4 nitrogen and oxygen atoms in total. The third-order valence-corrected chi connectivity index (χ3v) is 2.68. The smallest absolute Gasteiger partial charge is 0.167 e. The number of nitrogens with two attached hydrogens (primary N) is 1. The molecule has 0 saturated heterocycles. The first-order chi connectivity index (χ1) is 8.56. The first-order valence-electron chi connectivity index (χ1n) is 5.74. The largest absolute Gasteiger partial charge is 0.383 e. The maximum Gasteiger partial charge on any atom is 0.167 e. The minimum absolute atomic E-state index is 0.0308. The number of rotatable bonds is 3. The number of carbonyl (C=O) groups excluding carboxylic acids is 1. The number of aromatic nitrogens is 2. The Labute approximate surface area is 106 Å². The molecule has 0 aliphatic heterocycles. The van der Waals surface area contributed by atoms with Crippen LogP contribution in [-0.4, -0.2) is 15.8 Å². The summed E-state index contributed by atoms with van der Waals surface area (Å²) in [5.41, 5.74) is 8.85. The quantitative estimate of drug-likeness (QED) is 0.835. The molecular weight excluding hydrogens is 226 g/mol. The van der Waals surface area contributed by atoms with E-state index < -0.39 is 0 Å². The van der Waals surface area contributed by atoms with Gasteiger partial charge in [-0.25, -0.2) is 4.98 Å². The number of aryl methyl sites for hydroxylation is 2. The van der Waals surface area contributed by atoms with E-state index >= 15 is 0 Å². The molecule has 18 heavy (non-hydrogen) atoms. The molecule has 92 valence electrons. The standard InChI is InChI=1S/C14H15N3O/c1-9-6-12(7-10(2)17-9)13(18)8-11-4-3-5-16-14(11)15/h3-7H,8H2,1-2H3,(H2,15,16). The van der Waals surface area contributed by atoms with Crippen LogP contribution in [0.3, 0.4) is 0 Å². The zero-order valence-corrected chi connectivity index (χ0v) is 10.5. The van der Waals surface area contributed by atoms with E-state index in [0.717, 1.165) is 17.0 Å². The Balaban J connectivity index is 2.25. The van der Waals surface area contributed by atoms with Crippen molar-refractivity contribution in [3.8, 4) is 0 Å². The summed E-state index contributed by atoms with van der Waals surface area (Å²) in [5.74, 6) is 0.441. The number of pyridine rings is 2. The Morgan fingerprint density at radius 3 is 2.56 bits per heavy atom. The second-order valence-electron chi connectivity index (χ2n) is 4.29. The zero-order chi connectivity index (χ0) is 13.1. The Bertz CT molecular complexity index is 573. The summed E-state index contributed by atoms with van der Waals surface area (Å²) in [6.07, 6.45) is 1.88. The Kier molecular flexibility index (Phi) is 3.37. The van der Waals surface area contributed by atoms with E-state index in [4.69, 9.17) is 5.73 Å². The molecular formula is C14H15N3O. The van der Waals surface area contributed by atoms with Gasteiger partial charge >= 0.3 is 0 Å². The average molecular weight is 241 g/mol. The van der Waals surface area contributed by atoms with Crippen molar-refractivity contribution in [2.24, 2.45) is 0 Å². The Hall–Kier alpha value is -2.23. The maximum absolute atomic E-state index is 12.2. The van der Waals surface area contributed by atoms with Gasteiger partial charge < -0.3 is 5.73 Å². The summed E-state index contributed by atoms with van der Waals surface area (Å²) >= 11 is 0. The second kappa shape index (κ2) is 4.96. The van der Waals surface area contributed by atoms with Crippen molar-refractivity contribution in [2.45, 2.75) is 20.3 Å². The van der Waals surface area contributed by atoms with E-state index in [9.17, 15) is 4.79 Å². The van der Waals surface area contributed by atoms with E-state index in [1.165, 1.54) is 0 Å². The Morgan fingerprint density at radius 1 is 1.28 bits per heavy atom. The maximum atomic E-state index is 12.2. The average Bonchev–Trinajstić information content (AvgIpc) is 2.31. The van der Waals surface area contributed by atoms with Crippen molar-refractivity contribution >= 4 is 11.6 Å². The van der Waals surface area contributed by atoms with Crippen LogP contribution >= 0.6 is 0 Å². The molecule has 2 rings (SSSR count). The van der Waals surface area contributed by atoms with Crippen LogP contribution in [-0.2, 0) is 6.42 Å². The highest BCUT2D eigenvalue weighted by Crippen LogP contribution is 2.13. The number of hydrogen-bond acceptors (Lipinski definition) is 4. The molecule has 0 bridgehead atoms. The minimum atomic E-state index is 0.0308. The molecule has 2 aromatic heterocycles. The molecule has 2 aromatic rings. The van der Waals surface area contributed by atoms with E-state index in [1.54, 1.807) is 24.4 Å². The van der Waals surface area contributed by atoms with E-state index in [2.05, 4.69) is 9.97 Å². The third kappa shape index (κ3) is 2.71. The van der Waals surface area contributed by atoms with Crippen molar-refractivity contribution < 1.29 is 4.79 Å². The highest BCUT2D eigenvalue weighted by atomic mass is 16.1. The molecule has 2 heterocycles. The fraction of sp³-hybridized carbons (Fsp3) is 0.214. The van der Waals surface area contributed by atoms with Crippen molar-refractivity contribution in [3.63, 3.8) is 0 Å². The second-order valence-corrected chi connectivity index (χ2v) is 4.29. The summed E-state index contributed by atoms with van der Waals surface area (Å²) in [4.78, 5) is 20.4. The monoisotopic (exact) mass is 241 g/mol. The molecule has 0 spiro atoms. The van der Waals surface area contributed by atoms with Gasteiger partial charge in [0.25, 0.3) is 0 Å². The van der Waals surface area contributed by atoms with Gasteiger partial charge in [-0.2, -0.15) is 0 Å². The minimum Gasteiger partial charge on any atom is -0.383 e. The lowest BCUT2D eigenvalue weighted by Crippen LogP contribution is -2.08. The summed E-state index contributed by atoms with van der Waals surface area (Å²) in [5, 5.41) is 0. The van der Waals surface area contributed by atoms with Gasteiger partial charge in [-0.1, -0.05) is 6.07 Å². The number of carbonyl (C=O) groups is 1. The third-order valence-electron chi connectivity index (χ3n) is 2.68.